The summed E-state index contributed by atoms with van der Waals surface area (Å²) in [6.07, 6.45) is -3.44. The quantitative estimate of drug-likeness (QED) is 0.385. The van der Waals surface area contributed by atoms with Crippen molar-refractivity contribution in [2.75, 3.05) is 6.61 Å². The zero-order chi connectivity index (χ0) is 22.6. The maximum absolute atomic E-state index is 13.0. The van der Waals surface area contributed by atoms with Gasteiger partial charge in [0.05, 0.1) is 12.8 Å². The highest BCUT2D eigenvalue weighted by Gasteiger charge is 2.37. The second-order valence-corrected chi connectivity index (χ2v) is 7.15. The molecule has 0 bridgehead atoms. The number of aromatic amines is 1. The highest BCUT2D eigenvalue weighted by Crippen LogP contribution is 2.30. The number of alkyl halides is 3. The van der Waals surface area contributed by atoms with E-state index in [4.69, 9.17) is 21.7 Å². The summed E-state index contributed by atoms with van der Waals surface area (Å²) in [5.41, 5.74) is 3.82. The minimum Gasteiger partial charge on any atom is -0.490 e. The van der Waals surface area contributed by atoms with Gasteiger partial charge in [-0.25, -0.2) is 5.10 Å². The lowest BCUT2D eigenvalue weighted by atomic mass is 10.1. The van der Waals surface area contributed by atoms with E-state index < -0.39 is 12.0 Å². The third-order valence-electron chi connectivity index (χ3n) is 4.38. The zero-order valence-electron chi connectivity index (χ0n) is 17.2. The monoisotopic (exact) mass is 450 g/mol. The van der Waals surface area contributed by atoms with Crippen molar-refractivity contribution in [3.63, 3.8) is 0 Å². The van der Waals surface area contributed by atoms with Crippen LogP contribution >= 0.6 is 12.2 Å². The molecule has 3 rings (SSSR count). The number of H-pyrrole nitrogens is 1. The Balaban J connectivity index is 1.84. The molecule has 0 saturated carbocycles. The number of nitrogens with one attached hydrogen (secondary N) is 1. The predicted molar refractivity (Wildman–Crippen MR) is 113 cm³/mol. The molecule has 0 amide bonds. The van der Waals surface area contributed by atoms with E-state index in [1.807, 2.05) is 32.9 Å². The predicted octanol–water partition coefficient (Wildman–Crippen LogP) is 5.44. The average Bonchev–Trinajstić information content (AvgIpc) is 3.09. The van der Waals surface area contributed by atoms with Gasteiger partial charge in [-0.15, -0.1) is 5.10 Å². The minimum absolute atomic E-state index is 0.262. The molecule has 0 fully saturated rings. The Morgan fingerprint density at radius 2 is 1.90 bits per heavy atom. The third kappa shape index (κ3) is 5.52. The largest absolute Gasteiger partial charge is 0.490 e. The first-order valence-corrected chi connectivity index (χ1v) is 9.84. The summed E-state index contributed by atoms with van der Waals surface area (Å²) < 4.78 is 50.9. The topological polar surface area (TPSA) is 64.4 Å². The molecule has 6 nitrogen and oxygen atoms in total. The number of hydrogen-bond donors (Lipinski definition) is 1. The summed E-state index contributed by atoms with van der Waals surface area (Å²) in [6.45, 7) is 6.61. The Labute approximate surface area is 182 Å². The SMILES string of the molecule is CCOc1cc(/C=N\n2c(C(F)(F)F)n[nH]c2=S)ccc1OCc1cc(C)ccc1C. The lowest BCUT2D eigenvalue weighted by molar-refractivity contribution is -0.147. The van der Waals surface area contributed by atoms with E-state index in [9.17, 15) is 13.2 Å². The highest BCUT2D eigenvalue weighted by atomic mass is 32.1. The smallest absolute Gasteiger partial charge is 0.453 e. The molecule has 0 aliphatic heterocycles. The van der Waals surface area contributed by atoms with Gasteiger partial charge in [-0.05, 0) is 67.9 Å². The van der Waals surface area contributed by atoms with E-state index >= 15 is 0 Å². The molecule has 0 radical (unpaired) electrons. The maximum atomic E-state index is 13.0. The number of hydrogen-bond acceptors (Lipinski definition) is 5. The van der Waals surface area contributed by atoms with Gasteiger partial charge in [0.2, 0.25) is 4.77 Å². The first-order chi connectivity index (χ1) is 14.7. The minimum atomic E-state index is -4.69. The van der Waals surface area contributed by atoms with Gasteiger partial charge in [-0.3, -0.25) is 0 Å². The van der Waals surface area contributed by atoms with E-state index in [2.05, 4.69) is 21.4 Å². The zero-order valence-corrected chi connectivity index (χ0v) is 18.0. The molecule has 2 aromatic carbocycles. The molecular formula is C21H21F3N4O2S. The van der Waals surface area contributed by atoms with Crippen LogP contribution in [0.4, 0.5) is 13.2 Å². The maximum Gasteiger partial charge on any atom is 0.453 e. The van der Waals surface area contributed by atoms with Crippen molar-refractivity contribution < 1.29 is 22.6 Å². The van der Waals surface area contributed by atoms with Gasteiger partial charge in [-0.2, -0.15) is 22.9 Å². The van der Waals surface area contributed by atoms with Gasteiger partial charge < -0.3 is 9.47 Å². The molecular weight excluding hydrogens is 429 g/mol. The van der Waals surface area contributed by atoms with Gasteiger partial charge >= 0.3 is 6.18 Å². The molecule has 1 N–H and O–H groups in total. The molecule has 3 aromatic rings. The number of benzene rings is 2. The Kier molecular flexibility index (Phi) is 6.79. The molecule has 1 aromatic heterocycles. The molecule has 0 unspecified atom stereocenters. The number of halogens is 3. The first kappa shape index (κ1) is 22.5. The van der Waals surface area contributed by atoms with E-state index in [0.717, 1.165) is 16.7 Å². The van der Waals surface area contributed by atoms with Crippen LogP contribution in [0.25, 0.3) is 0 Å². The molecule has 0 aliphatic rings. The van der Waals surface area contributed by atoms with E-state index in [0.29, 0.717) is 35.0 Å². The first-order valence-electron chi connectivity index (χ1n) is 9.43. The van der Waals surface area contributed by atoms with Crippen LogP contribution in [-0.2, 0) is 12.8 Å². The average molecular weight is 450 g/mol. The van der Waals surface area contributed by atoms with Crippen LogP contribution in [0, 0.1) is 18.6 Å². The van der Waals surface area contributed by atoms with Crippen LogP contribution in [0.1, 0.15) is 35.0 Å². The Morgan fingerprint density at radius 1 is 1.13 bits per heavy atom. The molecule has 31 heavy (non-hydrogen) atoms. The van der Waals surface area contributed by atoms with Gasteiger partial charge in [-0.1, -0.05) is 23.8 Å². The Hall–Kier alpha value is -3.14. The fourth-order valence-electron chi connectivity index (χ4n) is 2.81. The lowest BCUT2D eigenvalue weighted by Gasteiger charge is -2.14. The van der Waals surface area contributed by atoms with Crippen molar-refractivity contribution in [2.24, 2.45) is 5.10 Å². The fourth-order valence-corrected chi connectivity index (χ4v) is 2.99. The second-order valence-electron chi connectivity index (χ2n) is 6.76. The molecule has 10 heteroatoms. The van der Waals surface area contributed by atoms with Crippen molar-refractivity contribution in [1.82, 2.24) is 14.9 Å². The summed E-state index contributed by atoms with van der Waals surface area (Å²) >= 11 is 4.83. The molecule has 164 valence electrons. The number of rotatable bonds is 7. The van der Waals surface area contributed by atoms with Crippen LogP contribution in [0.5, 0.6) is 11.5 Å². The van der Waals surface area contributed by atoms with Crippen LogP contribution in [0.2, 0.25) is 0 Å². The van der Waals surface area contributed by atoms with Crippen LogP contribution in [0.3, 0.4) is 0 Å². The highest BCUT2D eigenvalue weighted by molar-refractivity contribution is 7.71. The van der Waals surface area contributed by atoms with Gasteiger partial charge in [0, 0.05) is 0 Å². The molecule has 1 heterocycles. The number of aryl methyl sites for hydroxylation is 2. The Bertz CT molecular complexity index is 1150. The van der Waals surface area contributed by atoms with Gasteiger partial charge in [0.15, 0.2) is 11.5 Å². The molecule has 0 spiro atoms. The van der Waals surface area contributed by atoms with E-state index in [-0.39, 0.29) is 4.77 Å². The number of nitrogens with zero attached hydrogens (tertiary/aromatic N) is 3. The Morgan fingerprint density at radius 3 is 2.61 bits per heavy atom. The summed E-state index contributed by atoms with van der Waals surface area (Å²) in [6, 6.07) is 11.1. The van der Waals surface area contributed by atoms with Crippen LogP contribution in [-0.4, -0.2) is 27.7 Å². The summed E-state index contributed by atoms with van der Waals surface area (Å²) in [4.78, 5) is 0. The van der Waals surface area contributed by atoms with Gasteiger partial charge in [0.25, 0.3) is 5.82 Å². The molecule has 0 aliphatic carbocycles. The van der Waals surface area contributed by atoms with Crippen molar-refractivity contribution in [3.05, 3.63) is 69.2 Å². The molecule has 0 saturated heterocycles. The third-order valence-corrected chi connectivity index (χ3v) is 4.65. The van der Waals surface area contributed by atoms with Crippen molar-refractivity contribution in [2.45, 2.75) is 33.6 Å². The van der Waals surface area contributed by atoms with Crippen molar-refractivity contribution in [1.29, 1.82) is 0 Å². The van der Waals surface area contributed by atoms with Gasteiger partial charge in [0.1, 0.15) is 6.61 Å². The summed E-state index contributed by atoms with van der Waals surface area (Å²) in [5.74, 6) is -0.244. The van der Waals surface area contributed by atoms with Crippen molar-refractivity contribution >= 4 is 18.4 Å². The second kappa shape index (κ2) is 9.34. The van der Waals surface area contributed by atoms with E-state index in [1.165, 1.54) is 6.21 Å². The number of aromatic nitrogens is 3. The fraction of sp³-hybridized carbons (Fsp3) is 0.286. The molecule has 0 atom stereocenters. The lowest BCUT2D eigenvalue weighted by Crippen LogP contribution is -2.12. The van der Waals surface area contributed by atoms with E-state index in [1.54, 1.807) is 18.2 Å². The van der Waals surface area contributed by atoms with Crippen molar-refractivity contribution in [3.8, 4) is 11.5 Å². The summed E-state index contributed by atoms with van der Waals surface area (Å²) in [7, 11) is 0. The normalized spacial score (nSPS) is 11.8. The van der Waals surface area contributed by atoms with Crippen LogP contribution < -0.4 is 9.47 Å². The number of ether oxygens (including phenoxy) is 2. The van der Waals surface area contributed by atoms with Crippen LogP contribution in [0.15, 0.2) is 41.5 Å². The standard InChI is InChI=1S/C21H21F3N4O2S/c1-4-29-18-10-15(11-25-28-19(21(22,23)24)26-27-20(28)31)7-8-17(18)30-12-16-9-13(2)5-6-14(16)3/h5-11H,4,12H2,1-3H3,(H,27,31)/b25-11-. The summed E-state index contributed by atoms with van der Waals surface area (Å²) in [5, 5.41) is 9.11.